The number of anilines is 1. The summed E-state index contributed by atoms with van der Waals surface area (Å²) in [5, 5.41) is 0.266. The molecule has 0 bridgehead atoms. The van der Waals surface area contributed by atoms with Crippen molar-refractivity contribution < 1.29 is 17.6 Å². The van der Waals surface area contributed by atoms with Crippen molar-refractivity contribution in [1.29, 1.82) is 0 Å². The molecule has 0 N–H and O–H groups in total. The Morgan fingerprint density at radius 2 is 2.04 bits per heavy atom. The molecule has 0 spiro atoms. The molecule has 1 heterocycles. The van der Waals surface area contributed by atoms with Gasteiger partial charge >= 0.3 is 0 Å². The minimum absolute atomic E-state index is 0.0386. The van der Waals surface area contributed by atoms with Gasteiger partial charge in [-0.1, -0.05) is 17.7 Å². The first-order valence-electron chi connectivity index (χ1n) is 7.97. The summed E-state index contributed by atoms with van der Waals surface area (Å²) in [6.45, 7) is 0.406. The second-order valence-corrected chi connectivity index (χ2v) is 8.60. The van der Waals surface area contributed by atoms with Crippen LogP contribution in [0.5, 0.6) is 0 Å². The number of carbonyl (C=O) groups is 1. The molecule has 0 aliphatic carbocycles. The molecule has 0 aromatic heterocycles. The topological polar surface area (TPSA) is 57.7 Å². The van der Waals surface area contributed by atoms with Crippen molar-refractivity contribution in [2.24, 2.45) is 0 Å². The highest BCUT2D eigenvalue weighted by atomic mass is 35.5. The molecule has 0 unspecified atom stereocenters. The number of rotatable bonds is 4. The van der Waals surface area contributed by atoms with Gasteiger partial charge in [-0.2, -0.15) is 0 Å². The van der Waals surface area contributed by atoms with E-state index in [2.05, 4.69) is 0 Å². The maximum atomic E-state index is 13.9. The number of benzene rings is 2. The Bertz CT molecular complexity index is 958. The first kappa shape index (κ1) is 18.7. The number of hydrogen-bond donors (Lipinski definition) is 0. The van der Waals surface area contributed by atoms with Crippen LogP contribution >= 0.6 is 11.6 Å². The van der Waals surface area contributed by atoms with Gasteiger partial charge in [0.15, 0.2) is 0 Å². The summed E-state index contributed by atoms with van der Waals surface area (Å²) in [4.78, 5) is 14.1. The van der Waals surface area contributed by atoms with E-state index in [1.807, 2.05) is 0 Å². The summed E-state index contributed by atoms with van der Waals surface area (Å²) in [6, 6.07) is 9.31. The summed E-state index contributed by atoms with van der Waals surface area (Å²) >= 11 is 6.02. The number of sulfonamides is 1. The van der Waals surface area contributed by atoms with E-state index in [0.717, 1.165) is 11.8 Å². The van der Waals surface area contributed by atoms with E-state index in [1.165, 1.54) is 21.3 Å². The Morgan fingerprint density at radius 1 is 1.31 bits per heavy atom. The number of carbonyl (C=O) groups excluding carboxylic acids is 1. The Hall–Kier alpha value is -2.12. The van der Waals surface area contributed by atoms with Gasteiger partial charge in [0.1, 0.15) is 5.82 Å². The monoisotopic (exact) mass is 396 g/mol. The molecule has 26 heavy (non-hydrogen) atoms. The summed E-state index contributed by atoms with van der Waals surface area (Å²) < 4.78 is 38.8. The summed E-state index contributed by atoms with van der Waals surface area (Å²) in [7, 11) is -1.76. The molecule has 2 aromatic rings. The normalized spacial score (nSPS) is 13.6. The average Bonchev–Trinajstić information content (AvgIpc) is 3.00. The summed E-state index contributed by atoms with van der Waals surface area (Å²) in [6.07, 6.45) is 1.71. The van der Waals surface area contributed by atoms with Crippen LogP contribution in [0.1, 0.15) is 21.5 Å². The molecule has 1 amide bonds. The summed E-state index contributed by atoms with van der Waals surface area (Å²) in [5.41, 5.74) is 2.09. The van der Waals surface area contributed by atoms with E-state index >= 15 is 0 Å². The molecule has 0 saturated heterocycles. The van der Waals surface area contributed by atoms with Crippen molar-refractivity contribution in [3.05, 3.63) is 63.9 Å². The van der Waals surface area contributed by atoms with Crippen molar-refractivity contribution >= 4 is 33.2 Å². The van der Waals surface area contributed by atoms with Gasteiger partial charge in [-0.25, -0.2) is 12.8 Å². The lowest BCUT2D eigenvalue weighted by Gasteiger charge is -2.20. The van der Waals surface area contributed by atoms with Gasteiger partial charge in [0.25, 0.3) is 5.91 Å². The molecule has 0 radical (unpaired) electrons. The van der Waals surface area contributed by atoms with Crippen molar-refractivity contribution in [2.45, 2.75) is 13.0 Å². The van der Waals surface area contributed by atoms with Crippen molar-refractivity contribution in [2.75, 3.05) is 24.2 Å². The molecular weight excluding hydrogens is 379 g/mol. The highest BCUT2D eigenvalue weighted by Crippen LogP contribution is 2.31. The van der Waals surface area contributed by atoms with Crippen LogP contribution in [-0.2, 0) is 23.0 Å². The van der Waals surface area contributed by atoms with Gasteiger partial charge < -0.3 is 4.90 Å². The zero-order chi connectivity index (χ0) is 19.1. The van der Waals surface area contributed by atoms with Crippen LogP contribution in [-0.4, -0.2) is 39.1 Å². The van der Waals surface area contributed by atoms with Crippen LogP contribution < -0.4 is 4.31 Å². The third kappa shape index (κ3) is 3.54. The van der Waals surface area contributed by atoms with Crippen molar-refractivity contribution in [3.63, 3.8) is 0 Å². The van der Waals surface area contributed by atoms with Gasteiger partial charge in [-0.3, -0.25) is 9.10 Å². The molecular formula is C18H18ClFN2O3S. The van der Waals surface area contributed by atoms with Crippen LogP contribution in [0.3, 0.4) is 0 Å². The number of halogens is 2. The van der Waals surface area contributed by atoms with Crippen LogP contribution in [0, 0.1) is 5.82 Å². The predicted octanol–water partition coefficient (Wildman–Crippen LogP) is 3.07. The second-order valence-electron chi connectivity index (χ2n) is 6.29. The van der Waals surface area contributed by atoms with E-state index < -0.39 is 15.8 Å². The van der Waals surface area contributed by atoms with Gasteiger partial charge in [0.05, 0.1) is 11.9 Å². The molecule has 1 aliphatic heterocycles. The third-order valence-electron chi connectivity index (χ3n) is 4.38. The molecule has 0 saturated carbocycles. The van der Waals surface area contributed by atoms with E-state index in [1.54, 1.807) is 31.3 Å². The van der Waals surface area contributed by atoms with E-state index in [0.29, 0.717) is 24.2 Å². The molecule has 0 atom stereocenters. The lowest BCUT2D eigenvalue weighted by atomic mass is 10.1. The van der Waals surface area contributed by atoms with Gasteiger partial charge in [-0.05, 0) is 42.3 Å². The fourth-order valence-electron chi connectivity index (χ4n) is 3.06. The Kier molecular flexibility index (Phi) is 4.94. The van der Waals surface area contributed by atoms with Crippen molar-refractivity contribution in [1.82, 2.24) is 4.90 Å². The minimum Gasteiger partial charge on any atom is -0.337 e. The fourth-order valence-corrected chi connectivity index (χ4v) is 4.24. The van der Waals surface area contributed by atoms with Crippen molar-refractivity contribution in [3.8, 4) is 0 Å². The number of hydrogen-bond acceptors (Lipinski definition) is 3. The number of amides is 1. The molecule has 2 aromatic carbocycles. The SMILES string of the molecule is CN(Cc1c(F)cccc1Cl)C(=O)c1ccc2c(c1)CCN2S(C)(=O)=O. The lowest BCUT2D eigenvalue weighted by molar-refractivity contribution is 0.0784. The molecule has 0 fully saturated rings. The van der Waals surface area contributed by atoms with Crippen LogP contribution in [0.4, 0.5) is 10.1 Å². The van der Waals surface area contributed by atoms with Crippen LogP contribution in [0.25, 0.3) is 0 Å². The second kappa shape index (κ2) is 6.89. The summed E-state index contributed by atoms with van der Waals surface area (Å²) in [5.74, 6) is -0.750. The Morgan fingerprint density at radius 3 is 2.69 bits per heavy atom. The predicted molar refractivity (Wildman–Crippen MR) is 99.5 cm³/mol. The zero-order valence-corrected chi connectivity index (χ0v) is 15.9. The van der Waals surface area contributed by atoms with Crippen LogP contribution in [0.15, 0.2) is 36.4 Å². The quantitative estimate of drug-likeness (QED) is 0.798. The average molecular weight is 397 g/mol. The first-order chi connectivity index (χ1) is 12.2. The maximum Gasteiger partial charge on any atom is 0.253 e. The van der Waals surface area contributed by atoms with E-state index in [-0.39, 0.29) is 23.0 Å². The number of nitrogens with zero attached hydrogens (tertiary/aromatic N) is 2. The molecule has 3 rings (SSSR count). The highest BCUT2D eigenvalue weighted by molar-refractivity contribution is 7.92. The fraction of sp³-hybridized carbons (Fsp3) is 0.278. The number of fused-ring (bicyclic) bond motifs is 1. The zero-order valence-electron chi connectivity index (χ0n) is 14.4. The smallest absolute Gasteiger partial charge is 0.253 e. The minimum atomic E-state index is -3.33. The van der Waals surface area contributed by atoms with E-state index in [4.69, 9.17) is 11.6 Å². The highest BCUT2D eigenvalue weighted by Gasteiger charge is 2.27. The van der Waals surface area contributed by atoms with Gasteiger partial charge in [0.2, 0.25) is 10.0 Å². The van der Waals surface area contributed by atoms with Crippen LogP contribution in [0.2, 0.25) is 5.02 Å². The molecule has 138 valence electrons. The van der Waals surface area contributed by atoms with Gasteiger partial charge in [0, 0.05) is 36.3 Å². The molecule has 8 heteroatoms. The lowest BCUT2D eigenvalue weighted by Crippen LogP contribution is -2.28. The first-order valence-corrected chi connectivity index (χ1v) is 10.2. The third-order valence-corrected chi connectivity index (χ3v) is 5.92. The molecule has 1 aliphatic rings. The maximum absolute atomic E-state index is 13.9. The molecule has 5 nitrogen and oxygen atoms in total. The van der Waals surface area contributed by atoms with Gasteiger partial charge in [-0.15, -0.1) is 0 Å². The largest absolute Gasteiger partial charge is 0.337 e. The Balaban J connectivity index is 1.83. The Labute approximate surface area is 157 Å². The van der Waals surface area contributed by atoms with E-state index in [9.17, 15) is 17.6 Å². The standard InChI is InChI=1S/C18H18ClFN2O3S/c1-21(11-14-15(19)4-3-5-16(14)20)18(23)13-6-7-17-12(10-13)8-9-22(17)26(2,24)25/h3-7,10H,8-9,11H2,1-2H3.